The van der Waals surface area contributed by atoms with Gasteiger partial charge in [-0.1, -0.05) is 53.4 Å². The Morgan fingerprint density at radius 3 is 2.21 bits per heavy atom. The van der Waals surface area contributed by atoms with E-state index in [-0.39, 0.29) is 48.5 Å². The number of ketones is 1. The summed E-state index contributed by atoms with van der Waals surface area (Å²) in [7, 11) is 0. The molecular formula is C40H54F2N8O7. The fraction of sp³-hybridized carbons (Fsp3) is 0.625. The largest absolute Gasteiger partial charge is 0.472 e. The number of pyridine rings is 1. The van der Waals surface area contributed by atoms with Gasteiger partial charge in [0.15, 0.2) is 0 Å². The topological polar surface area (TPSA) is 202 Å². The van der Waals surface area contributed by atoms with Gasteiger partial charge in [-0.05, 0) is 49.5 Å². The molecule has 15 nitrogen and oxygen atoms in total. The van der Waals surface area contributed by atoms with Crippen molar-refractivity contribution in [2.24, 2.45) is 11.3 Å². The molecule has 1 saturated heterocycles. The van der Waals surface area contributed by atoms with Crippen molar-refractivity contribution in [1.82, 2.24) is 41.1 Å². The first kappa shape index (κ1) is 43.0. The molecule has 0 bridgehead atoms. The van der Waals surface area contributed by atoms with Crippen LogP contribution in [0.25, 0.3) is 0 Å². The van der Waals surface area contributed by atoms with Gasteiger partial charge in [0.05, 0.1) is 18.8 Å². The fourth-order valence-electron chi connectivity index (χ4n) is 7.27. The van der Waals surface area contributed by atoms with Crippen molar-refractivity contribution in [1.29, 1.82) is 0 Å². The van der Waals surface area contributed by atoms with Crippen LogP contribution in [0.2, 0.25) is 0 Å². The third-order valence-corrected chi connectivity index (χ3v) is 10.6. The summed E-state index contributed by atoms with van der Waals surface area (Å²) in [6, 6.07) is -2.20. The number of hydrogen-bond donors (Lipinski definition) is 4. The van der Waals surface area contributed by atoms with Crippen LogP contribution in [0, 0.1) is 11.3 Å². The Balaban J connectivity index is 1.41. The molecule has 5 amide bonds. The highest BCUT2D eigenvalue weighted by Crippen LogP contribution is 2.32. The molecule has 3 heterocycles. The third kappa shape index (κ3) is 11.5. The predicted octanol–water partition coefficient (Wildman–Crippen LogP) is 3.37. The van der Waals surface area contributed by atoms with Crippen molar-refractivity contribution in [2.45, 2.75) is 141 Å². The normalized spacial score (nSPS) is 20.4. The Bertz CT molecular complexity index is 1760. The number of nitrogens with one attached hydrogen (secondary N) is 4. The minimum Gasteiger partial charge on any atom is -0.472 e. The zero-order valence-electron chi connectivity index (χ0n) is 33.2. The molecule has 5 atom stereocenters. The van der Waals surface area contributed by atoms with Crippen LogP contribution in [0.5, 0.6) is 5.88 Å². The quantitative estimate of drug-likeness (QED) is 0.183. The van der Waals surface area contributed by atoms with Crippen molar-refractivity contribution in [3.05, 3.63) is 48.2 Å². The van der Waals surface area contributed by atoms with Gasteiger partial charge in [-0.15, -0.1) is 0 Å². The van der Waals surface area contributed by atoms with Gasteiger partial charge in [-0.3, -0.25) is 33.8 Å². The molecule has 2 aliphatic carbocycles. The van der Waals surface area contributed by atoms with E-state index in [0.717, 1.165) is 45.2 Å². The van der Waals surface area contributed by atoms with E-state index in [1.54, 1.807) is 27.7 Å². The average molecular weight is 797 g/mol. The molecule has 5 rings (SSSR count). The van der Waals surface area contributed by atoms with Gasteiger partial charge in [0, 0.05) is 49.6 Å². The minimum atomic E-state index is -3.13. The Morgan fingerprint density at radius 2 is 1.63 bits per heavy atom. The van der Waals surface area contributed by atoms with E-state index >= 15 is 0 Å². The van der Waals surface area contributed by atoms with Crippen LogP contribution in [0.1, 0.15) is 115 Å². The average Bonchev–Trinajstić information content (AvgIpc) is 3.90. The highest BCUT2D eigenvalue weighted by molar-refractivity contribution is 6.38. The van der Waals surface area contributed by atoms with E-state index in [2.05, 4.69) is 36.2 Å². The molecule has 4 unspecified atom stereocenters. The molecule has 2 saturated carbocycles. The Morgan fingerprint density at radius 1 is 0.912 bits per heavy atom. The lowest BCUT2D eigenvalue weighted by Gasteiger charge is -2.37. The maximum Gasteiger partial charge on any atom is 0.289 e. The number of ether oxygens (including phenoxy) is 1. The molecule has 2 aromatic rings. The van der Waals surface area contributed by atoms with Crippen LogP contribution in [-0.4, -0.2) is 98.0 Å². The number of hydrogen-bond acceptors (Lipinski definition) is 10. The van der Waals surface area contributed by atoms with Crippen molar-refractivity contribution in [3.8, 4) is 5.88 Å². The zero-order chi connectivity index (χ0) is 41.5. The number of rotatable bonds is 16. The van der Waals surface area contributed by atoms with Gasteiger partial charge in [0.2, 0.25) is 29.4 Å². The fourth-order valence-corrected chi connectivity index (χ4v) is 7.27. The monoisotopic (exact) mass is 796 g/mol. The molecule has 1 aliphatic heterocycles. The zero-order valence-corrected chi connectivity index (χ0v) is 33.2. The van der Waals surface area contributed by atoms with Gasteiger partial charge >= 0.3 is 0 Å². The Kier molecular flexibility index (Phi) is 13.9. The van der Waals surface area contributed by atoms with Crippen LogP contribution in [0.3, 0.4) is 0 Å². The number of halogens is 2. The van der Waals surface area contributed by atoms with Crippen molar-refractivity contribution < 1.29 is 42.3 Å². The van der Waals surface area contributed by atoms with E-state index in [0.29, 0.717) is 19.3 Å². The molecule has 4 N–H and O–H groups in total. The molecule has 0 aromatic carbocycles. The van der Waals surface area contributed by atoms with E-state index in [1.807, 2.05) is 0 Å². The number of amides is 5. The predicted molar refractivity (Wildman–Crippen MR) is 203 cm³/mol. The van der Waals surface area contributed by atoms with Crippen LogP contribution in [-0.2, 0) is 29.9 Å². The number of aromatic nitrogens is 3. The summed E-state index contributed by atoms with van der Waals surface area (Å²) in [4.78, 5) is 95.7. The molecule has 2 aromatic heterocycles. The third-order valence-electron chi connectivity index (χ3n) is 10.6. The van der Waals surface area contributed by atoms with Crippen LogP contribution in [0.15, 0.2) is 36.9 Å². The summed E-state index contributed by atoms with van der Waals surface area (Å²) >= 11 is 0. The summed E-state index contributed by atoms with van der Waals surface area (Å²) < 4.78 is 33.8. The number of carbonyl (C=O) groups is 6. The smallest absolute Gasteiger partial charge is 0.289 e. The summed E-state index contributed by atoms with van der Waals surface area (Å²) in [6.07, 6.45) is 10.4. The molecule has 3 aliphatic rings. The highest BCUT2D eigenvalue weighted by Gasteiger charge is 2.47. The number of likely N-dealkylation sites (tertiary alicyclic amines) is 1. The SMILES string of the molecule is CCCC(NC(=O)C1C[C@H](Oc2ccc(C(C)(F)F)cn2)CN1C(=O)C(NC(=O)C(NC(=O)c1cnccn1)C1CCCCC1)C(C)(C)C)C(=O)C(=O)NC1CC1. The molecular weight excluding hydrogens is 742 g/mol. The first-order valence-corrected chi connectivity index (χ1v) is 19.8. The van der Waals surface area contributed by atoms with E-state index in [4.69, 9.17) is 4.74 Å². The number of Topliss-reactive ketones (excluding diaryl/α,β-unsaturated/α-hetero) is 1. The van der Waals surface area contributed by atoms with E-state index in [9.17, 15) is 37.5 Å². The van der Waals surface area contributed by atoms with Crippen molar-refractivity contribution in [3.63, 3.8) is 0 Å². The Hall–Kier alpha value is -5.09. The number of alkyl halides is 2. The summed E-state index contributed by atoms with van der Waals surface area (Å²) in [5.41, 5.74) is -1.21. The molecule has 57 heavy (non-hydrogen) atoms. The van der Waals surface area contributed by atoms with Gasteiger partial charge < -0.3 is 30.9 Å². The highest BCUT2D eigenvalue weighted by atomic mass is 19.3. The maximum atomic E-state index is 14.8. The van der Waals surface area contributed by atoms with Crippen molar-refractivity contribution in [2.75, 3.05) is 6.54 Å². The van der Waals surface area contributed by atoms with Crippen LogP contribution >= 0.6 is 0 Å². The van der Waals surface area contributed by atoms with E-state index < -0.39 is 76.9 Å². The van der Waals surface area contributed by atoms with E-state index in [1.165, 1.54) is 35.6 Å². The maximum absolute atomic E-state index is 14.8. The minimum absolute atomic E-state index is 0.00733. The Labute approximate surface area is 331 Å². The summed E-state index contributed by atoms with van der Waals surface area (Å²) in [5, 5.41) is 11.1. The summed E-state index contributed by atoms with van der Waals surface area (Å²) in [5.74, 6) is -7.43. The first-order valence-electron chi connectivity index (χ1n) is 19.8. The van der Waals surface area contributed by atoms with Gasteiger partial charge in [0.25, 0.3) is 17.7 Å². The standard InChI is InChI=1S/C40H54F2N8O7/c1-6-10-27(32(51)37(55)46-25-14-15-25)47-35(53)29-19-26(57-30-16-13-24(20-45-30)40(5,41)42)22-50(29)38(56)33(39(2,3)4)49-36(54)31(23-11-8-7-9-12-23)48-34(52)28-21-43-17-18-44-28/h13,16-18,20-21,23,25-27,29,31,33H,6-12,14-15,19,22H2,1-5H3,(H,46,55)(H,47,53)(H,48,52)(H,49,54)/t26-,27?,29?,31?,33?/m0/s1. The first-order chi connectivity index (χ1) is 27.0. The number of nitrogens with zero attached hydrogens (tertiary/aromatic N) is 4. The van der Waals surface area contributed by atoms with Crippen LogP contribution in [0.4, 0.5) is 8.78 Å². The lowest BCUT2D eigenvalue weighted by molar-refractivity contribution is -0.145. The van der Waals surface area contributed by atoms with Crippen LogP contribution < -0.4 is 26.0 Å². The van der Waals surface area contributed by atoms with Gasteiger partial charge in [-0.2, -0.15) is 0 Å². The second kappa shape index (κ2) is 18.4. The molecule has 310 valence electrons. The second-order valence-corrected chi connectivity index (χ2v) is 16.5. The lowest BCUT2D eigenvalue weighted by Crippen LogP contribution is -2.62. The van der Waals surface area contributed by atoms with Gasteiger partial charge in [-0.25, -0.2) is 18.7 Å². The molecule has 0 spiro atoms. The molecule has 17 heteroatoms. The van der Waals surface area contributed by atoms with Crippen molar-refractivity contribution >= 4 is 35.3 Å². The molecule has 0 radical (unpaired) electrons. The number of carbonyl (C=O) groups excluding carboxylic acids is 6. The lowest BCUT2D eigenvalue weighted by atomic mass is 9.82. The van der Waals surface area contributed by atoms with Gasteiger partial charge in [0.1, 0.15) is 29.9 Å². The summed E-state index contributed by atoms with van der Waals surface area (Å²) in [6.45, 7) is 7.66. The second-order valence-electron chi connectivity index (χ2n) is 16.5. The molecule has 3 fully saturated rings.